The quantitative estimate of drug-likeness (QED) is 0.877. The van der Waals surface area contributed by atoms with Gasteiger partial charge >= 0.3 is 0 Å². The summed E-state index contributed by atoms with van der Waals surface area (Å²) in [4.78, 5) is 28.0. The molecule has 1 aliphatic heterocycles. The normalized spacial score (nSPS) is 14.4. The third kappa shape index (κ3) is 4.28. The van der Waals surface area contributed by atoms with Crippen LogP contribution < -0.4 is 10.2 Å². The summed E-state index contributed by atoms with van der Waals surface area (Å²) in [5.41, 5.74) is 1.44. The van der Waals surface area contributed by atoms with E-state index in [2.05, 4.69) is 5.32 Å². The molecular weight excluding hydrogens is 318 g/mol. The molecule has 2 amide bonds. The van der Waals surface area contributed by atoms with Crippen LogP contribution in [-0.4, -0.2) is 36.9 Å². The third-order valence-corrected chi connectivity index (χ3v) is 4.18. The number of amides is 2. The van der Waals surface area contributed by atoms with Gasteiger partial charge in [0.1, 0.15) is 11.5 Å². The van der Waals surface area contributed by atoms with Gasteiger partial charge in [-0.15, -0.1) is 0 Å². The van der Waals surface area contributed by atoms with Crippen molar-refractivity contribution in [2.45, 2.75) is 26.3 Å². The summed E-state index contributed by atoms with van der Waals surface area (Å²) in [6, 6.07) is 11.3. The summed E-state index contributed by atoms with van der Waals surface area (Å²) in [7, 11) is 1.87. The molecule has 3 rings (SSSR count). The number of carbonyl (C=O) groups is 2. The van der Waals surface area contributed by atoms with Crippen molar-refractivity contribution in [1.29, 1.82) is 0 Å². The zero-order valence-electron chi connectivity index (χ0n) is 14.6. The Morgan fingerprint density at radius 2 is 2.08 bits per heavy atom. The first kappa shape index (κ1) is 17.2. The molecule has 1 fully saturated rings. The summed E-state index contributed by atoms with van der Waals surface area (Å²) < 4.78 is 5.53. The van der Waals surface area contributed by atoms with Gasteiger partial charge in [-0.1, -0.05) is 12.1 Å². The molecule has 0 atom stereocenters. The SMILES string of the molecule is Cc1ccc(CN(C)CC(=O)Nc2ccccc2N2CCCC2=O)o1. The Hall–Kier alpha value is -2.60. The number of carbonyl (C=O) groups excluding carboxylic acids is 2. The largest absolute Gasteiger partial charge is 0.465 e. The third-order valence-electron chi connectivity index (χ3n) is 4.18. The number of furan rings is 1. The molecule has 0 spiro atoms. The van der Waals surface area contributed by atoms with Gasteiger partial charge in [0.2, 0.25) is 11.8 Å². The Balaban J connectivity index is 1.62. The monoisotopic (exact) mass is 341 g/mol. The predicted octanol–water partition coefficient (Wildman–Crippen LogP) is 2.79. The van der Waals surface area contributed by atoms with Gasteiger partial charge in [0.25, 0.3) is 0 Å². The van der Waals surface area contributed by atoms with Crippen LogP contribution >= 0.6 is 0 Å². The Morgan fingerprint density at radius 1 is 1.28 bits per heavy atom. The minimum absolute atomic E-state index is 0.104. The van der Waals surface area contributed by atoms with Gasteiger partial charge in [-0.2, -0.15) is 0 Å². The van der Waals surface area contributed by atoms with Gasteiger partial charge in [-0.05, 0) is 44.7 Å². The number of hydrogen-bond donors (Lipinski definition) is 1. The van der Waals surface area contributed by atoms with Gasteiger partial charge in [0.15, 0.2) is 0 Å². The van der Waals surface area contributed by atoms with Crippen LogP contribution in [0.3, 0.4) is 0 Å². The van der Waals surface area contributed by atoms with Crippen molar-refractivity contribution in [3.63, 3.8) is 0 Å². The van der Waals surface area contributed by atoms with Crippen molar-refractivity contribution in [1.82, 2.24) is 4.90 Å². The second-order valence-electron chi connectivity index (χ2n) is 6.40. The van der Waals surface area contributed by atoms with Crippen LogP contribution in [0.2, 0.25) is 0 Å². The van der Waals surface area contributed by atoms with Crippen molar-refractivity contribution in [3.05, 3.63) is 47.9 Å². The first-order valence-electron chi connectivity index (χ1n) is 8.46. The van der Waals surface area contributed by atoms with E-state index < -0.39 is 0 Å². The summed E-state index contributed by atoms with van der Waals surface area (Å²) in [6.07, 6.45) is 1.42. The maximum Gasteiger partial charge on any atom is 0.238 e. The van der Waals surface area contributed by atoms with Crippen LogP contribution in [0.4, 0.5) is 11.4 Å². The van der Waals surface area contributed by atoms with E-state index in [-0.39, 0.29) is 18.4 Å². The highest BCUT2D eigenvalue weighted by Gasteiger charge is 2.24. The lowest BCUT2D eigenvalue weighted by atomic mass is 10.2. The Morgan fingerprint density at radius 3 is 2.76 bits per heavy atom. The molecule has 0 unspecified atom stereocenters. The highest BCUT2D eigenvalue weighted by molar-refractivity contribution is 6.02. The molecule has 0 radical (unpaired) electrons. The van der Waals surface area contributed by atoms with E-state index in [9.17, 15) is 9.59 Å². The minimum Gasteiger partial charge on any atom is -0.465 e. The maximum absolute atomic E-state index is 12.4. The topological polar surface area (TPSA) is 65.8 Å². The molecule has 25 heavy (non-hydrogen) atoms. The van der Waals surface area contributed by atoms with Crippen LogP contribution in [0, 0.1) is 6.92 Å². The summed E-state index contributed by atoms with van der Waals surface area (Å²) in [5.74, 6) is 1.67. The molecule has 1 aromatic heterocycles. The molecule has 2 aromatic rings. The van der Waals surface area contributed by atoms with Crippen molar-refractivity contribution < 1.29 is 14.0 Å². The second-order valence-corrected chi connectivity index (χ2v) is 6.40. The van der Waals surface area contributed by atoms with Crippen LogP contribution in [0.5, 0.6) is 0 Å². The first-order valence-corrected chi connectivity index (χ1v) is 8.46. The van der Waals surface area contributed by atoms with E-state index in [1.165, 1.54) is 0 Å². The van der Waals surface area contributed by atoms with E-state index >= 15 is 0 Å². The van der Waals surface area contributed by atoms with Gasteiger partial charge in [-0.3, -0.25) is 14.5 Å². The number of nitrogens with one attached hydrogen (secondary N) is 1. The molecule has 0 bridgehead atoms. The molecule has 0 aliphatic carbocycles. The Kier molecular flexibility index (Phi) is 5.19. The Labute approximate surface area is 147 Å². The molecule has 132 valence electrons. The number of benzene rings is 1. The number of anilines is 2. The predicted molar refractivity (Wildman–Crippen MR) is 96.4 cm³/mol. The lowest BCUT2D eigenvalue weighted by molar-refractivity contribution is -0.118. The van der Waals surface area contributed by atoms with E-state index in [0.717, 1.165) is 23.6 Å². The lowest BCUT2D eigenvalue weighted by Gasteiger charge is -2.21. The smallest absolute Gasteiger partial charge is 0.238 e. The van der Waals surface area contributed by atoms with Crippen molar-refractivity contribution in [3.8, 4) is 0 Å². The summed E-state index contributed by atoms with van der Waals surface area (Å²) in [6.45, 7) is 3.39. The summed E-state index contributed by atoms with van der Waals surface area (Å²) >= 11 is 0. The zero-order chi connectivity index (χ0) is 17.8. The molecule has 6 heteroatoms. The number of hydrogen-bond acceptors (Lipinski definition) is 4. The number of para-hydroxylation sites is 2. The minimum atomic E-state index is -0.120. The van der Waals surface area contributed by atoms with Crippen molar-refractivity contribution in [2.24, 2.45) is 0 Å². The van der Waals surface area contributed by atoms with E-state index in [0.29, 0.717) is 25.2 Å². The highest BCUT2D eigenvalue weighted by Crippen LogP contribution is 2.29. The fourth-order valence-electron chi connectivity index (χ4n) is 3.04. The molecule has 1 N–H and O–H groups in total. The second kappa shape index (κ2) is 7.53. The Bertz CT molecular complexity index is 769. The van der Waals surface area contributed by atoms with E-state index in [1.54, 1.807) is 4.90 Å². The fraction of sp³-hybridized carbons (Fsp3) is 0.368. The molecule has 1 saturated heterocycles. The lowest BCUT2D eigenvalue weighted by Crippen LogP contribution is -2.31. The fourth-order valence-corrected chi connectivity index (χ4v) is 3.04. The number of nitrogens with zero attached hydrogens (tertiary/aromatic N) is 2. The van der Waals surface area contributed by atoms with Crippen LogP contribution in [0.15, 0.2) is 40.8 Å². The standard InChI is InChI=1S/C19H23N3O3/c1-14-9-10-15(25-14)12-21(2)13-18(23)20-16-6-3-4-7-17(16)22-11-5-8-19(22)24/h3-4,6-7,9-10H,5,8,11-13H2,1-2H3,(H,20,23). The van der Waals surface area contributed by atoms with Crippen molar-refractivity contribution in [2.75, 3.05) is 30.4 Å². The van der Waals surface area contributed by atoms with Crippen molar-refractivity contribution >= 4 is 23.2 Å². The van der Waals surface area contributed by atoms with Gasteiger partial charge in [-0.25, -0.2) is 0 Å². The summed E-state index contributed by atoms with van der Waals surface area (Å²) in [5, 5.41) is 2.92. The van der Waals surface area contributed by atoms with Gasteiger partial charge in [0.05, 0.1) is 24.5 Å². The molecule has 6 nitrogen and oxygen atoms in total. The molecule has 2 heterocycles. The molecule has 0 saturated carbocycles. The molecule has 1 aliphatic rings. The van der Waals surface area contributed by atoms with Crippen LogP contribution in [0.25, 0.3) is 0 Å². The van der Waals surface area contributed by atoms with E-state index in [1.807, 2.05) is 55.3 Å². The highest BCUT2D eigenvalue weighted by atomic mass is 16.3. The number of rotatable bonds is 6. The molecule has 1 aromatic carbocycles. The first-order chi connectivity index (χ1) is 12.0. The van der Waals surface area contributed by atoms with Gasteiger partial charge in [0, 0.05) is 13.0 Å². The average Bonchev–Trinajstić information content (AvgIpc) is 3.16. The molecular formula is C19H23N3O3. The number of aryl methyl sites for hydroxylation is 1. The number of likely N-dealkylation sites (N-methyl/N-ethyl adjacent to an activating group) is 1. The van der Waals surface area contributed by atoms with Crippen LogP contribution in [-0.2, 0) is 16.1 Å². The zero-order valence-corrected chi connectivity index (χ0v) is 14.6. The van der Waals surface area contributed by atoms with E-state index in [4.69, 9.17) is 4.42 Å². The average molecular weight is 341 g/mol. The van der Waals surface area contributed by atoms with Gasteiger partial charge < -0.3 is 14.6 Å². The van der Waals surface area contributed by atoms with Crippen LogP contribution in [0.1, 0.15) is 24.4 Å². The maximum atomic E-state index is 12.4.